The van der Waals surface area contributed by atoms with E-state index in [0.717, 1.165) is 42.6 Å². The molecule has 1 aliphatic carbocycles. The van der Waals surface area contributed by atoms with E-state index >= 15 is 0 Å². The van der Waals surface area contributed by atoms with Crippen LogP contribution < -0.4 is 10.6 Å². The van der Waals surface area contributed by atoms with E-state index in [4.69, 9.17) is 0 Å². The molecule has 1 aromatic rings. The Hall–Kier alpha value is -1.32. The van der Waals surface area contributed by atoms with E-state index in [0.29, 0.717) is 0 Å². The highest BCUT2D eigenvalue weighted by molar-refractivity contribution is 5.56. The van der Waals surface area contributed by atoms with E-state index < -0.39 is 0 Å². The fourth-order valence-corrected chi connectivity index (χ4v) is 1.61. The summed E-state index contributed by atoms with van der Waals surface area (Å²) in [6.45, 7) is 6.22. The summed E-state index contributed by atoms with van der Waals surface area (Å²) < 4.78 is 0. The highest BCUT2D eigenvalue weighted by atomic mass is 15.1. The molecule has 1 aliphatic rings. The molecule has 1 aromatic heterocycles. The molecule has 0 unspecified atom stereocenters. The normalized spacial score (nSPS) is 14.9. The van der Waals surface area contributed by atoms with Crippen molar-refractivity contribution in [3.05, 3.63) is 11.9 Å². The van der Waals surface area contributed by atoms with Gasteiger partial charge in [0.2, 0.25) is 0 Å². The predicted octanol–water partition coefficient (Wildman–Crippen LogP) is 2.43. The first-order valence-corrected chi connectivity index (χ1v) is 6.10. The molecule has 0 aromatic carbocycles. The minimum atomic E-state index is 0.862. The van der Waals surface area contributed by atoms with Crippen molar-refractivity contribution >= 4 is 11.6 Å². The van der Waals surface area contributed by atoms with Gasteiger partial charge in [-0.3, -0.25) is 0 Å². The van der Waals surface area contributed by atoms with Gasteiger partial charge in [-0.1, -0.05) is 6.92 Å². The first-order chi connectivity index (χ1) is 7.81. The molecule has 0 amide bonds. The first kappa shape index (κ1) is 11.2. The molecule has 0 aliphatic heterocycles. The van der Waals surface area contributed by atoms with Crippen LogP contribution in [0.25, 0.3) is 0 Å². The van der Waals surface area contributed by atoms with Crippen molar-refractivity contribution in [1.29, 1.82) is 0 Å². The molecular formula is C12H20N4. The number of aromatic nitrogens is 2. The van der Waals surface area contributed by atoms with Gasteiger partial charge in [-0.05, 0) is 32.1 Å². The molecule has 1 heterocycles. The largest absolute Gasteiger partial charge is 0.370 e. The number of anilines is 2. The minimum absolute atomic E-state index is 0.862. The Morgan fingerprint density at radius 1 is 1.25 bits per heavy atom. The van der Waals surface area contributed by atoms with Crippen LogP contribution in [0.1, 0.15) is 31.7 Å². The second-order valence-electron chi connectivity index (χ2n) is 4.45. The Kier molecular flexibility index (Phi) is 3.59. The molecule has 0 atom stereocenters. The molecule has 1 saturated carbocycles. The standard InChI is InChI=1S/C12H20N4/c1-3-6-13-11-9(2)12(16-8-15-11)14-7-10-4-5-10/h8,10H,3-7H2,1-2H3,(H2,13,14,15,16). The van der Waals surface area contributed by atoms with Gasteiger partial charge in [0, 0.05) is 18.7 Å². The van der Waals surface area contributed by atoms with Crippen LogP contribution >= 0.6 is 0 Å². The molecule has 0 radical (unpaired) electrons. The second kappa shape index (κ2) is 5.14. The smallest absolute Gasteiger partial charge is 0.134 e. The van der Waals surface area contributed by atoms with Crippen molar-refractivity contribution in [3.8, 4) is 0 Å². The van der Waals surface area contributed by atoms with Crippen molar-refractivity contribution in [1.82, 2.24) is 9.97 Å². The summed E-state index contributed by atoms with van der Waals surface area (Å²) >= 11 is 0. The van der Waals surface area contributed by atoms with Gasteiger partial charge in [0.1, 0.15) is 18.0 Å². The Labute approximate surface area is 96.9 Å². The van der Waals surface area contributed by atoms with Gasteiger partial charge in [-0.2, -0.15) is 0 Å². The van der Waals surface area contributed by atoms with E-state index in [2.05, 4.69) is 34.4 Å². The summed E-state index contributed by atoms with van der Waals surface area (Å²) in [6.07, 6.45) is 5.45. The Morgan fingerprint density at radius 3 is 2.56 bits per heavy atom. The summed E-state index contributed by atoms with van der Waals surface area (Å²) in [5.41, 5.74) is 1.12. The lowest BCUT2D eigenvalue weighted by Gasteiger charge is -2.11. The molecule has 4 heteroatoms. The van der Waals surface area contributed by atoms with Crippen LogP contribution in [0.15, 0.2) is 6.33 Å². The Morgan fingerprint density at radius 2 is 1.94 bits per heavy atom. The fourth-order valence-electron chi connectivity index (χ4n) is 1.61. The fraction of sp³-hybridized carbons (Fsp3) is 0.667. The third-order valence-electron chi connectivity index (χ3n) is 2.88. The molecule has 0 saturated heterocycles. The zero-order valence-electron chi connectivity index (χ0n) is 10.1. The quantitative estimate of drug-likeness (QED) is 0.773. The summed E-state index contributed by atoms with van der Waals surface area (Å²) in [6, 6.07) is 0. The molecule has 2 N–H and O–H groups in total. The molecule has 1 fully saturated rings. The van der Waals surface area contributed by atoms with Crippen molar-refractivity contribution in [2.24, 2.45) is 5.92 Å². The molecule has 16 heavy (non-hydrogen) atoms. The van der Waals surface area contributed by atoms with Crippen LogP contribution in [0.5, 0.6) is 0 Å². The van der Waals surface area contributed by atoms with Crippen molar-refractivity contribution < 1.29 is 0 Å². The summed E-state index contributed by atoms with van der Waals surface area (Å²) in [4.78, 5) is 8.54. The Balaban J connectivity index is 1.99. The SMILES string of the molecule is CCCNc1ncnc(NCC2CC2)c1C. The number of hydrogen-bond acceptors (Lipinski definition) is 4. The van der Waals surface area contributed by atoms with Crippen LogP contribution in [-0.4, -0.2) is 23.1 Å². The lowest BCUT2D eigenvalue weighted by Crippen LogP contribution is -2.10. The van der Waals surface area contributed by atoms with E-state index in [1.54, 1.807) is 6.33 Å². The van der Waals surface area contributed by atoms with E-state index in [9.17, 15) is 0 Å². The highest BCUT2D eigenvalue weighted by Crippen LogP contribution is 2.29. The zero-order valence-corrected chi connectivity index (χ0v) is 10.1. The van der Waals surface area contributed by atoms with E-state index in [1.807, 2.05) is 0 Å². The molecule has 88 valence electrons. The van der Waals surface area contributed by atoms with Crippen LogP contribution in [0.3, 0.4) is 0 Å². The van der Waals surface area contributed by atoms with Crippen molar-refractivity contribution in [2.45, 2.75) is 33.1 Å². The van der Waals surface area contributed by atoms with Crippen LogP contribution in [0.2, 0.25) is 0 Å². The van der Waals surface area contributed by atoms with Crippen molar-refractivity contribution in [2.75, 3.05) is 23.7 Å². The van der Waals surface area contributed by atoms with Gasteiger partial charge in [0.15, 0.2) is 0 Å². The van der Waals surface area contributed by atoms with Crippen molar-refractivity contribution in [3.63, 3.8) is 0 Å². The molecule has 2 rings (SSSR count). The number of nitrogens with zero attached hydrogens (tertiary/aromatic N) is 2. The Bertz CT molecular complexity index is 347. The van der Waals surface area contributed by atoms with E-state index in [1.165, 1.54) is 12.8 Å². The topological polar surface area (TPSA) is 49.8 Å². The molecule has 4 nitrogen and oxygen atoms in total. The zero-order chi connectivity index (χ0) is 11.4. The molecular weight excluding hydrogens is 200 g/mol. The maximum Gasteiger partial charge on any atom is 0.134 e. The number of nitrogens with one attached hydrogen (secondary N) is 2. The third kappa shape index (κ3) is 2.84. The minimum Gasteiger partial charge on any atom is -0.370 e. The second-order valence-corrected chi connectivity index (χ2v) is 4.45. The average Bonchev–Trinajstić information content (AvgIpc) is 3.10. The van der Waals surface area contributed by atoms with E-state index in [-0.39, 0.29) is 0 Å². The first-order valence-electron chi connectivity index (χ1n) is 6.10. The van der Waals surface area contributed by atoms with Gasteiger partial charge in [0.05, 0.1) is 0 Å². The van der Waals surface area contributed by atoms with Gasteiger partial charge in [-0.15, -0.1) is 0 Å². The summed E-state index contributed by atoms with van der Waals surface area (Å²) in [5.74, 6) is 2.79. The number of rotatable bonds is 6. The number of hydrogen-bond donors (Lipinski definition) is 2. The maximum absolute atomic E-state index is 4.28. The average molecular weight is 220 g/mol. The monoisotopic (exact) mass is 220 g/mol. The summed E-state index contributed by atoms with van der Waals surface area (Å²) in [5, 5.41) is 6.72. The predicted molar refractivity (Wildman–Crippen MR) is 66.8 cm³/mol. The lowest BCUT2D eigenvalue weighted by atomic mass is 10.3. The van der Waals surface area contributed by atoms with Crippen LogP contribution in [0.4, 0.5) is 11.6 Å². The molecule has 0 spiro atoms. The highest BCUT2D eigenvalue weighted by Gasteiger charge is 2.21. The maximum atomic E-state index is 4.28. The van der Waals surface area contributed by atoms with Gasteiger partial charge in [-0.25, -0.2) is 9.97 Å². The van der Waals surface area contributed by atoms with Gasteiger partial charge >= 0.3 is 0 Å². The van der Waals surface area contributed by atoms with Gasteiger partial charge in [0.25, 0.3) is 0 Å². The lowest BCUT2D eigenvalue weighted by molar-refractivity contribution is 0.877. The van der Waals surface area contributed by atoms with Gasteiger partial charge < -0.3 is 10.6 Å². The van der Waals surface area contributed by atoms with Crippen LogP contribution in [0, 0.1) is 12.8 Å². The summed E-state index contributed by atoms with van der Waals surface area (Å²) in [7, 11) is 0. The van der Waals surface area contributed by atoms with Crippen LogP contribution in [-0.2, 0) is 0 Å². The molecule has 0 bridgehead atoms. The third-order valence-corrected chi connectivity index (χ3v) is 2.88.